The molecule has 1 aromatic rings. The van der Waals surface area contributed by atoms with Crippen molar-refractivity contribution in [3.05, 3.63) is 28.8 Å². The fourth-order valence-corrected chi connectivity index (χ4v) is 1.57. The molecule has 88 valence electrons. The molecule has 16 heavy (non-hydrogen) atoms. The Kier molecular flexibility index (Phi) is 4.58. The first-order chi connectivity index (χ1) is 7.58. The number of rotatable bonds is 4. The highest BCUT2D eigenvalue weighted by Gasteiger charge is 2.16. The molecular weight excluding hydrogens is 230 g/mol. The molecule has 0 saturated carbocycles. The summed E-state index contributed by atoms with van der Waals surface area (Å²) in [5.74, 6) is 0.200. The molecule has 0 aliphatic heterocycles. The van der Waals surface area contributed by atoms with Crippen molar-refractivity contribution >= 4 is 17.6 Å². The third-order valence-corrected chi connectivity index (χ3v) is 2.42. The Morgan fingerprint density at radius 1 is 1.50 bits per heavy atom. The van der Waals surface area contributed by atoms with Crippen molar-refractivity contribution < 1.29 is 14.3 Å². The molecule has 1 atom stereocenters. The largest absolute Gasteiger partial charge is 0.496 e. The van der Waals surface area contributed by atoms with Crippen molar-refractivity contribution in [2.45, 2.75) is 12.5 Å². The van der Waals surface area contributed by atoms with Crippen molar-refractivity contribution in [3.8, 4) is 5.75 Å². The lowest BCUT2D eigenvalue weighted by atomic mass is 10.1. The minimum Gasteiger partial charge on any atom is -0.496 e. The third kappa shape index (κ3) is 3.12. The summed E-state index contributed by atoms with van der Waals surface area (Å²) < 4.78 is 9.70. The zero-order chi connectivity index (χ0) is 12.1. The average molecular weight is 244 g/mol. The molecule has 5 heteroatoms. The number of halogens is 1. The van der Waals surface area contributed by atoms with Crippen LogP contribution in [0.25, 0.3) is 0 Å². The summed E-state index contributed by atoms with van der Waals surface area (Å²) in [4.78, 5) is 11.2. The number of carbonyl (C=O) groups excluding carboxylic acids is 1. The Balaban J connectivity index is 2.86. The van der Waals surface area contributed by atoms with E-state index in [2.05, 4.69) is 4.74 Å². The van der Waals surface area contributed by atoms with Crippen LogP contribution >= 0.6 is 11.6 Å². The molecule has 0 saturated heterocycles. The molecule has 0 bridgehead atoms. The standard InChI is InChI=1S/C11H14ClNO3/c1-15-10-4-3-8(12)5-7(10)6-9(13)11(14)16-2/h3-5,9H,6,13H2,1-2H3/t9-/m1/s1. The zero-order valence-corrected chi connectivity index (χ0v) is 9.95. The van der Waals surface area contributed by atoms with E-state index >= 15 is 0 Å². The van der Waals surface area contributed by atoms with Gasteiger partial charge in [0.1, 0.15) is 11.8 Å². The Bertz CT molecular complexity index is 381. The van der Waals surface area contributed by atoms with Crippen molar-refractivity contribution in [2.75, 3.05) is 14.2 Å². The quantitative estimate of drug-likeness (QED) is 0.812. The number of ether oxygens (including phenoxy) is 2. The minimum atomic E-state index is -0.711. The van der Waals surface area contributed by atoms with E-state index in [0.717, 1.165) is 5.56 Å². The van der Waals surface area contributed by atoms with E-state index in [1.54, 1.807) is 25.3 Å². The van der Waals surface area contributed by atoms with Gasteiger partial charge in [-0.2, -0.15) is 0 Å². The van der Waals surface area contributed by atoms with Gasteiger partial charge in [0.2, 0.25) is 0 Å². The second kappa shape index (κ2) is 5.72. The van der Waals surface area contributed by atoms with E-state index < -0.39 is 12.0 Å². The van der Waals surface area contributed by atoms with Gasteiger partial charge in [0, 0.05) is 11.4 Å². The fraction of sp³-hybridized carbons (Fsp3) is 0.364. The normalized spacial score (nSPS) is 12.0. The Morgan fingerprint density at radius 2 is 2.19 bits per heavy atom. The lowest BCUT2D eigenvalue weighted by molar-refractivity contribution is -0.142. The van der Waals surface area contributed by atoms with Crippen LogP contribution in [0.3, 0.4) is 0 Å². The van der Waals surface area contributed by atoms with Crippen LogP contribution in [0, 0.1) is 0 Å². The first-order valence-corrected chi connectivity index (χ1v) is 5.12. The van der Waals surface area contributed by atoms with Crippen LogP contribution in [0.15, 0.2) is 18.2 Å². The molecule has 0 fully saturated rings. The molecule has 0 spiro atoms. The van der Waals surface area contributed by atoms with E-state index in [1.165, 1.54) is 7.11 Å². The zero-order valence-electron chi connectivity index (χ0n) is 9.20. The summed E-state index contributed by atoms with van der Waals surface area (Å²) in [6.07, 6.45) is 0.330. The van der Waals surface area contributed by atoms with Crippen LogP contribution in [0.2, 0.25) is 5.02 Å². The second-order valence-corrected chi connectivity index (χ2v) is 3.73. The number of nitrogens with two attached hydrogens (primary N) is 1. The topological polar surface area (TPSA) is 61.5 Å². The third-order valence-electron chi connectivity index (χ3n) is 2.19. The number of benzene rings is 1. The Hall–Kier alpha value is -1.26. The van der Waals surface area contributed by atoms with Crippen molar-refractivity contribution in [1.29, 1.82) is 0 Å². The SMILES string of the molecule is COC(=O)[C@H](N)Cc1cc(Cl)ccc1OC. The maximum absolute atomic E-state index is 11.2. The fourth-order valence-electron chi connectivity index (χ4n) is 1.38. The summed E-state index contributed by atoms with van der Waals surface area (Å²) in [6, 6.07) is 4.47. The smallest absolute Gasteiger partial charge is 0.322 e. The molecule has 2 N–H and O–H groups in total. The summed E-state index contributed by atoms with van der Waals surface area (Å²) in [5, 5.41) is 0.577. The molecule has 0 radical (unpaired) electrons. The maximum atomic E-state index is 11.2. The minimum absolute atomic E-state index is 0.330. The monoisotopic (exact) mass is 243 g/mol. The van der Waals surface area contributed by atoms with Gasteiger partial charge in [-0.1, -0.05) is 11.6 Å². The lowest BCUT2D eigenvalue weighted by Crippen LogP contribution is -2.33. The number of methoxy groups -OCH3 is 2. The highest BCUT2D eigenvalue weighted by Crippen LogP contribution is 2.23. The second-order valence-electron chi connectivity index (χ2n) is 3.29. The van der Waals surface area contributed by atoms with Crippen LogP contribution in [0.5, 0.6) is 5.75 Å². The molecule has 0 heterocycles. The predicted molar refractivity (Wildman–Crippen MR) is 61.7 cm³/mol. The molecule has 1 aromatic carbocycles. The molecule has 1 rings (SSSR count). The van der Waals surface area contributed by atoms with Gasteiger partial charge in [-0.15, -0.1) is 0 Å². The summed E-state index contributed by atoms with van der Waals surface area (Å²) >= 11 is 5.86. The van der Waals surface area contributed by atoms with Crippen molar-refractivity contribution in [2.24, 2.45) is 5.73 Å². The van der Waals surface area contributed by atoms with Crippen LogP contribution in [-0.4, -0.2) is 26.2 Å². The molecule has 0 amide bonds. The van der Waals surface area contributed by atoms with Gasteiger partial charge in [-0.25, -0.2) is 0 Å². The predicted octanol–water partition coefficient (Wildman–Crippen LogP) is 1.39. The van der Waals surface area contributed by atoms with Gasteiger partial charge in [-0.05, 0) is 23.8 Å². The number of hydrogen-bond donors (Lipinski definition) is 1. The average Bonchev–Trinajstić information content (AvgIpc) is 2.28. The van der Waals surface area contributed by atoms with Crippen LogP contribution < -0.4 is 10.5 Å². The summed E-state index contributed by atoms with van der Waals surface area (Å²) in [7, 11) is 2.85. The summed E-state index contributed by atoms with van der Waals surface area (Å²) in [6.45, 7) is 0. The van der Waals surface area contributed by atoms with Gasteiger partial charge in [0.25, 0.3) is 0 Å². The van der Waals surface area contributed by atoms with E-state index in [9.17, 15) is 4.79 Å². The molecule has 0 aliphatic rings. The first-order valence-electron chi connectivity index (χ1n) is 4.74. The highest BCUT2D eigenvalue weighted by atomic mass is 35.5. The van der Waals surface area contributed by atoms with Crippen LogP contribution in [-0.2, 0) is 16.0 Å². The Labute approximate surface area is 99.3 Å². The van der Waals surface area contributed by atoms with Gasteiger partial charge in [0.05, 0.1) is 14.2 Å². The van der Waals surface area contributed by atoms with Gasteiger partial charge < -0.3 is 15.2 Å². The van der Waals surface area contributed by atoms with Crippen molar-refractivity contribution in [3.63, 3.8) is 0 Å². The number of carbonyl (C=O) groups is 1. The van der Waals surface area contributed by atoms with E-state index in [-0.39, 0.29) is 0 Å². The molecule has 0 aliphatic carbocycles. The lowest BCUT2D eigenvalue weighted by Gasteiger charge is -2.12. The van der Waals surface area contributed by atoms with Gasteiger partial charge in [-0.3, -0.25) is 4.79 Å². The highest BCUT2D eigenvalue weighted by molar-refractivity contribution is 6.30. The van der Waals surface area contributed by atoms with Crippen LogP contribution in [0.1, 0.15) is 5.56 Å². The molecule has 0 aromatic heterocycles. The Morgan fingerprint density at radius 3 is 2.75 bits per heavy atom. The number of hydrogen-bond acceptors (Lipinski definition) is 4. The van der Waals surface area contributed by atoms with E-state index in [0.29, 0.717) is 17.2 Å². The van der Waals surface area contributed by atoms with E-state index in [1.807, 2.05) is 0 Å². The maximum Gasteiger partial charge on any atom is 0.322 e. The van der Waals surface area contributed by atoms with Crippen LogP contribution in [0.4, 0.5) is 0 Å². The molecule has 0 unspecified atom stereocenters. The number of esters is 1. The summed E-state index contributed by atoms with van der Waals surface area (Å²) in [5.41, 5.74) is 6.45. The molecule has 4 nitrogen and oxygen atoms in total. The van der Waals surface area contributed by atoms with Gasteiger partial charge >= 0.3 is 5.97 Å². The van der Waals surface area contributed by atoms with Crippen molar-refractivity contribution in [1.82, 2.24) is 0 Å². The van der Waals surface area contributed by atoms with E-state index in [4.69, 9.17) is 22.1 Å². The first kappa shape index (κ1) is 12.8. The van der Waals surface area contributed by atoms with Gasteiger partial charge in [0.15, 0.2) is 0 Å². The molecular formula is C11H14ClNO3.